The lowest BCUT2D eigenvalue weighted by atomic mass is 10.1. The van der Waals surface area contributed by atoms with Crippen LogP contribution in [0.4, 0.5) is 0 Å². The molecule has 0 aliphatic heterocycles. The highest BCUT2D eigenvalue weighted by atomic mass is 35.5. The van der Waals surface area contributed by atoms with Gasteiger partial charge in [0.2, 0.25) is 5.91 Å². The van der Waals surface area contributed by atoms with Crippen molar-refractivity contribution >= 4 is 40.2 Å². The molecule has 0 N–H and O–H groups in total. The average Bonchev–Trinajstić information content (AvgIpc) is 2.64. The van der Waals surface area contributed by atoms with Gasteiger partial charge in [0.25, 0.3) is 5.56 Å². The summed E-state index contributed by atoms with van der Waals surface area (Å²) in [6.07, 6.45) is 1.12. The fourth-order valence-electron chi connectivity index (χ4n) is 2.70. The Bertz CT molecular complexity index is 952. The quantitative estimate of drug-likeness (QED) is 0.477. The number of halogens is 1. The highest BCUT2D eigenvalue weighted by Crippen LogP contribution is 2.25. The van der Waals surface area contributed by atoms with Gasteiger partial charge in [0.15, 0.2) is 5.16 Å². The van der Waals surface area contributed by atoms with E-state index in [1.165, 1.54) is 16.7 Å². The minimum atomic E-state index is -0.433. The number of rotatable bonds is 8. The molecule has 6 nitrogen and oxygen atoms in total. The van der Waals surface area contributed by atoms with E-state index in [0.29, 0.717) is 40.1 Å². The molecule has 0 saturated carbocycles. The summed E-state index contributed by atoms with van der Waals surface area (Å²) in [5.74, 6) is 0.331. The summed E-state index contributed by atoms with van der Waals surface area (Å²) < 4.78 is 1.65. The van der Waals surface area contributed by atoms with E-state index in [4.69, 9.17) is 16.9 Å². The lowest BCUT2D eigenvalue weighted by Crippen LogP contribution is -2.34. The van der Waals surface area contributed by atoms with E-state index in [-0.39, 0.29) is 17.9 Å². The van der Waals surface area contributed by atoms with Crippen molar-refractivity contribution in [3.63, 3.8) is 0 Å². The van der Waals surface area contributed by atoms with Gasteiger partial charge in [-0.2, -0.15) is 5.26 Å². The normalized spacial score (nSPS) is 12.2. The minimum absolute atomic E-state index is 0.101. The summed E-state index contributed by atoms with van der Waals surface area (Å²) in [7, 11) is 1.68. The molecule has 0 saturated heterocycles. The van der Waals surface area contributed by atoms with Gasteiger partial charge >= 0.3 is 0 Å². The van der Waals surface area contributed by atoms with Gasteiger partial charge in [0.05, 0.1) is 28.6 Å². The van der Waals surface area contributed by atoms with E-state index < -0.39 is 5.25 Å². The predicted octanol–water partition coefficient (Wildman–Crippen LogP) is 3.95. The predicted molar refractivity (Wildman–Crippen MR) is 114 cm³/mol. The van der Waals surface area contributed by atoms with E-state index in [1.807, 2.05) is 6.07 Å². The Morgan fingerprint density at radius 2 is 2.11 bits per heavy atom. The van der Waals surface area contributed by atoms with Crippen LogP contribution in [0.2, 0.25) is 5.02 Å². The van der Waals surface area contributed by atoms with E-state index in [1.54, 1.807) is 36.7 Å². The van der Waals surface area contributed by atoms with Crippen molar-refractivity contribution in [2.75, 3.05) is 13.6 Å². The fourth-order valence-corrected chi connectivity index (χ4v) is 3.91. The summed E-state index contributed by atoms with van der Waals surface area (Å²) in [6.45, 7) is 6.90. The van der Waals surface area contributed by atoms with Crippen LogP contribution in [0, 0.1) is 17.2 Å². The van der Waals surface area contributed by atoms with Crippen LogP contribution in [-0.2, 0) is 11.3 Å². The highest BCUT2D eigenvalue weighted by molar-refractivity contribution is 8.00. The van der Waals surface area contributed by atoms with Crippen molar-refractivity contribution in [1.82, 2.24) is 14.5 Å². The molecule has 1 aromatic carbocycles. The Hall–Kier alpha value is -2.04. The Kier molecular flexibility index (Phi) is 7.90. The number of amides is 1. The van der Waals surface area contributed by atoms with E-state index >= 15 is 0 Å². The average molecular weight is 421 g/mol. The van der Waals surface area contributed by atoms with Gasteiger partial charge in [0, 0.05) is 25.2 Å². The molecule has 2 aromatic rings. The first-order valence-electron chi connectivity index (χ1n) is 9.23. The van der Waals surface area contributed by atoms with Crippen LogP contribution in [0.25, 0.3) is 10.9 Å². The van der Waals surface area contributed by atoms with Gasteiger partial charge in [-0.05, 0) is 37.5 Å². The van der Waals surface area contributed by atoms with Gasteiger partial charge in [-0.15, -0.1) is 0 Å². The van der Waals surface area contributed by atoms with Crippen LogP contribution in [-0.4, -0.2) is 39.2 Å². The molecule has 28 heavy (non-hydrogen) atoms. The molecule has 1 atom stereocenters. The molecule has 0 aliphatic carbocycles. The molecule has 1 aromatic heterocycles. The number of hydrogen-bond donors (Lipinski definition) is 0. The molecule has 8 heteroatoms. The summed E-state index contributed by atoms with van der Waals surface area (Å²) >= 11 is 7.33. The SMILES string of the molecule is CC(C)CCn1c(S[C@H](C)C(=O)N(C)CCC#N)nc2cc(Cl)ccc2c1=O. The van der Waals surface area contributed by atoms with E-state index in [2.05, 4.69) is 18.8 Å². The summed E-state index contributed by atoms with van der Waals surface area (Å²) in [5, 5.41) is 9.81. The number of benzene rings is 1. The van der Waals surface area contributed by atoms with Crippen LogP contribution in [0.3, 0.4) is 0 Å². The number of nitriles is 1. The maximum Gasteiger partial charge on any atom is 0.262 e. The number of thioether (sulfide) groups is 1. The number of carbonyl (C=O) groups excluding carboxylic acids is 1. The molecule has 1 heterocycles. The largest absolute Gasteiger partial charge is 0.344 e. The van der Waals surface area contributed by atoms with Crippen LogP contribution in [0.1, 0.15) is 33.6 Å². The van der Waals surface area contributed by atoms with Crippen molar-refractivity contribution in [1.29, 1.82) is 5.26 Å². The first-order chi connectivity index (χ1) is 13.2. The van der Waals surface area contributed by atoms with Crippen molar-refractivity contribution in [2.24, 2.45) is 5.92 Å². The molecular weight excluding hydrogens is 396 g/mol. The lowest BCUT2D eigenvalue weighted by molar-refractivity contribution is -0.128. The molecule has 0 spiro atoms. The van der Waals surface area contributed by atoms with Crippen molar-refractivity contribution in [2.45, 2.75) is 50.6 Å². The molecule has 2 rings (SSSR count). The van der Waals surface area contributed by atoms with Gasteiger partial charge in [-0.3, -0.25) is 14.2 Å². The van der Waals surface area contributed by atoms with Crippen molar-refractivity contribution in [3.05, 3.63) is 33.6 Å². The molecule has 150 valence electrons. The van der Waals surface area contributed by atoms with Crippen LogP contribution in [0.5, 0.6) is 0 Å². The van der Waals surface area contributed by atoms with E-state index in [0.717, 1.165) is 6.42 Å². The van der Waals surface area contributed by atoms with Crippen LogP contribution >= 0.6 is 23.4 Å². The number of fused-ring (bicyclic) bond motifs is 1. The third-order valence-corrected chi connectivity index (χ3v) is 5.69. The number of aromatic nitrogens is 2. The Morgan fingerprint density at radius 3 is 2.75 bits per heavy atom. The highest BCUT2D eigenvalue weighted by Gasteiger charge is 2.22. The summed E-state index contributed by atoms with van der Waals surface area (Å²) in [6, 6.07) is 7.08. The standard InChI is InChI=1S/C20H25ClN4O2S/c1-13(2)8-11-25-19(27)16-7-6-15(21)12-17(16)23-20(25)28-14(3)18(26)24(4)10-5-9-22/h6-7,12-14H,5,8,10-11H2,1-4H3/t14-/m1/s1. The molecule has 0 unspecified atom stereocenters. The van der Waals surface area contributed by atoms with Crippen LogP contribution in [0.15, 0.2) is 28.2 Å². The molecule has 0 radical (unpaired) electrons. The van der Waals surface area contributed by atoms with Gasteiger partial charge < -0.3 is 4.90 Å². The zero-order valence-electron chi connectivity index (χ0n) is 16.6. The van der Waals surface area contributed by atoms with E-state index in [9.17, 15) is 9.59 Å². The monoisotopic (exact) mass is 420 g/mol. The molecule has 0 aliphatic rings. The van der Waals surface area contributed by atoms with Crippen molar-refractivity contribution < 1.29 is 4.79 Å². The number of carbonyl (C=O) groups is 1. The second kappa shape index (κ2) is 9.94. The molecule has 1 amide bonds. The first-order valence-corrected chi connectivity index (χ1v) is 10.5. The maximum atomic E-state index is 13.0. The zero-order valence-corrected chi connectivity index (χ0v) is 18.2. The fraction of sp³-hybridized carbons (Fsp3) is 0.500. The molecule has 0 fully saturated rings. The topological polar surface area (TPSA) is 79.0 Å². The third-order valence-electron chi connectivity index (χ3n) is 4.38. The summed E-state index contributed by atoms with van der Waals surface area (Å²) in [4.78, 5) is 31.8. The molecular formula is C20H25ClN4O2S. The zero-order chi connectivity index (χ0) is 20.8. The number of hydrogen-bond acceptors (Lipinski definition) is 5. The smallest absolute Gasteiger partial charge is 0.262 e. The minimum Gasteiger partial charge on any atom is -0.344 e. The molecule has 0 bridgehead atoms. The number of nitrogens with zero attached hydrogens (tertiary/aromatic N) is 4. The van der Waals surface area contributed by atoms with Crippen LogP contribution < -0.4 is 5.56 Å². The maximum absolute atomic E-state index is 13.0. The summed E-state index contributed by atoms with van der Waals surface area (Å²) in [5.41, 5.74) is 0.403. The second-order valence-corrected chi connectivity index (χ2v) is 8.87. The van der Waals surface area contributed by atoms with Crippen molar-refractivity contribution in [3.8, 4) is 6.07 Å². The van der Waals surface area contributed by atoms with Gasteiger partial charge in [-0.1, -0.05) is 37.2 Å². The first kappa shape index (κ1) is 22.3. The Morgan fingerprint density at radius 1 is 1.39 bits per heavy atom. The third kappa shape index (κ3) is 5.49. The van der Waals surface area contributed by atoms with Gasteiger partial charge in [0.1, 0.15) is 0 Å². The second-order valence-electron chi connectivity index (χ2n) is 7.12. The Labute approximate surface area is 174 Å². The Balaban J connectivity index is 2.40. The van der Waals surface area contributed by atoms with Gasteiger partial charge in [-0.25, -0.2) is 4.98 Å². The lowest BCUT2D eigenvalue weighted by Gasteiger charge is -2.21.